The molecular formula is C25H35N7O5S. The van der Waals surface area contributed by atoms with E-state index in [4.69, 9.17) is 4.74 Å². The molecule has 1 aromatic carbocycles. The summed E-state index contributed by atoms with van der Waals surface area (Å²) in [6.45, 7) is 4.67. The van der Waals surface area contributed by atoms with Gasteiger partial charge in [-0.25, -0.2) is 17.8 Å². The molecule has 1 amide bonds. The maximum absolute atomic E-state index is 13.4. The van der Waals surface area contributed by atoms with Crippen molar-refractivity contribution in [1.29, 1.82) is 0 Å². The van der Waals surface area contributed by atoms with Gasteiger partial charge in [0.05, 0.1) is 47.8 Å². The smallest absolute Gasteiger partial charge is 0.242 e. The van der Waals surface area contributed by atoms with E-state index in [1.54, 1.807) is 70.1 Å². The summed E-state index contributed by atoms with van der Waals surface area (Å²) in [6.07, 6.45) is 5.41. The SMILES string of the molecule is C[C@H](CO)N1C[C@H](C)[C@H](CN(C)S(=O)(=O)c2ccc(-n3cccn3)cc2)OCc2cnnn2CCCC1=O. The first-order chi connectivity index (χ1) is 18.2. The first-order valence-corrected chi connectivity index (χ1v) is 14.1. The number of aliphatic hydroxyl groups is 1. The summed E-state index contributed by atoms with van der Waals surface area (Å²) in [6, 6.07) is 7.95. The lowest BCUT2D eigenvalue weighted by Crippen LogP contribution is -2.47. The summed E-state index contributed by atoms with van der Waals surface area (Å²) in [5, 5.41) is 22.0. The number of hydrogen-bond acceptors (Lipinski definition) is 8. The fourth-order valence-electron chi connectivity index (χ4n) is 4.47. The number of amides is 1. The minimum atomic E-state index is -3.82. The van der Waals surface area contributed by atoms with Crippen molar-refractivity contribution in [3.63, 3.8) is 0 Å². The normalized spacial score (nSPS) is 20.6. The molecule has 0 unspecified atom stereocenters. The number of fused-ring (bicyclic) bond motifs is 1. The van der Waals surface area contributed by atoms with Gasteiger partial charge < -0.3 is 14.7 Å². The van der Waals surface area contributed by atoms with Gasteiger partial charge in [-0.15, -0.1) is 5.10 Å². The third kappa shape index (κ3) is 6.29. The average Bonchev–Trinajstić information content (AvgIpc) is 3.61. The second kappa shape index (κ2) is 12.2. The van der Waals surface area contributed by atoms with Crippen LogP contribution in [0, 0.1) is 5.92 Å². The van der Waals surface area contributed by atoms with Gasteiger partial charge in [-0.2, -0.15) is 9.40 Å². The third-order valence-corrected chi connectivity index (χ3v) is 8.73. The van der Waals surface area contributed by atoms with Crippen LogP contribution in [-0.4, -0.2) is 92.3 Å². The molecule has 2 aromatic heterocycles. The Hall–Kier alpha value is -3.13. The molecule has 0 fully saturated rings. The molecular weight excluding hydrogens is 510 g/mol. The summed E-state index contributed by atoms with van der Waals surface area (Å²) in [5.41, 5.74) is 1.51. The Morgan fingerprint density at radius 1 is 1.26 bits per heavy atom. The monoisotopic (exact) mass is 545 g/mol. The average molecular weight is 546 g/mol. The molecule has 38 heavy (non-hydrogen) atoms. The fourth-order valence-corrected chi connectivity index (χ4v) is 5.65. The van der Waals surface area contributed by atoms with E-state index >= 15 is 0 Å². The van der Waals surface area contributed by atoms with Crippen molar-refractivity contribution in [3.8, 4) is 5.69 Å². The van der Waals surface area contributed by atoms with Gasteiger partial charge in [0.25, 0.3) is 0 Å². The zero-order chi connectivity index (χ0) is 27.3. The van der Waals surface area contributed by atoms with E-state index in [-0.39, 0.29) is 42.5 Å². The Bertz CT molecular complexity index is 1290. The van der Waals surface area contributed by atoms with Crippen LogP contribution in [0.4, 0.5) is 0 Å². The molecule has 1 aliphatic heterocycles. The van der Waals surface area contributed by atoms with Crippen LogP contribution in [0.1, 0.15) is 32.4 Å². The van der Waals surface area contributed by atoms with E-state index in [1.165, 1.54) is 11.4 Å². The van der Waals surface area contributed by atoms with Crippen molar-refractivity contribution >= 4 is 15.9 Å². The van der Waals surface area contributed by atoms with E-state index < -0.39 is 16.1 Å². The van der Waals surface area contributed by atoms with Gasteiger partial charge >= 0.3 is 0 Å². The summed E-state index contributed by atoms with van der Waals surface area (Å²) < 4.78 is 37.8. The van der Waals surface area contributed by atoms with Gasteiger partial charge in [0.2, 0.25) is 15.9 Å². The number of hydrogen-bond donors (Lipinski definition) is 1. The number of aryl methyl sites for hydroxylation is 1. The quantitative estimate of drug-likeness (QED) is 0.469. The van der Waals surface area contributed by atoms with Gasteiger partial charge in [-0.05, 0) is 43.7 Å². The molecule has 0 saturated heterocycles. The van der Waals surface area contributed by atoms with Gasteiger partial charge in [0.15, 0.2) is 0 Å². The largest absolute Gasteiger partial charge is 0.394 e. The summed E-state index contributed by atoms with van der Waals surface area (Å²) in [5.74, 6) is -0.297. The van der Waals surface area contributed by atoms with Crippen LogP contribution in [0.5, 0.6) is 0 Å². The van der Waals surface area contributed by atoms with Gasteiger partial charge in [-0.1, -0.05) is 12.1 Å². The molecule has 4 rings (SSSR count). The molecule has 3 heterocycles. The number of ether oxygens (including phenoxy) is 1. The second-order valence-corrected chi connectivity index (χ2v) is 11.7. The topological polar surface area (TPSA) is 136 Å². The summed E-state index contributed by atoms with van der Waals surface area (Å²) in [7, 11) is -2.30. The van der Waals surface area contributed by atoms with Crippen molar-refractivity contribution in [2.24, 2.45) is 5.92 Å². The molecule has 0 saturated carbocycles. The molecule has 0 radical (unpaired) electrons. The highest BCUT2D eigenvalue weighted by atomic mass is 32.2. The highest BCUT2D eigenvalue weighted by Crippen LogP contribution is 2.22. The Balaban J connectivity index is 1.56. The second-order valence-electron chi connectivity index (χ2n) is 9.69. The van der Waals surface area contributed by atoms with Crippen molar-refractivity contribution in [1.82, 2.24) is 34.0 Å². The molecule has 3 atom stereocenters. The van der Waals surface area contributed by atoms with E-state index in [9.17, 15) is 18.3 Å². The van der Waals surface area contributed by atoms with Crippen LogP contribution in [0.2, 0.25) is 0 Å². The van der Waals surface area contributed by atoms with Crippen molar-refractivity contribution in [2.45, 2.75) is 56.9 Å². The van der Waals surface area contributed by atoms with Crippen molar-refractivity contribution in [2.75, 3.05) is 26.7 Å². The summed E-state index contributed by atoms with van der Waals surface area (Å²) in [4.78, 5) is 14.8. The molecule has 1 N–H and O–H groups in total. The minimum absolute atomic E-state index is 0.0709. The molecule has 206 valence electrons. The van der Waals surface area contributed by atoms with Crippen LogP contribution in [0.15, 0.2) is 53.8 Å². The van der Waals surface area contributed by atoms with Crippen LogP contribution < -0.4 is 0 Å². The van der Waals surface area contributed by atoms with E-state index in [2.05, 4.69) is 15.4 Å². The molecule has 12 nitrogen and oxygen atoms in total. The number of carbonyl (C=O) groups excluding carboxylic acids is 1. The lowest BCUT2D eigenvalue weighted by atomic mass is 10.0. The summed E-state index contributed by atoms with van der Waals surface area (Å²) >= 11 is 0. The van der Waals surface area contributed by atoms with Crippen LogP contribution in [-0.2, 0) is 32.7 Å². The predicted octanol–water partition coefficient (Wildman–Crippen LogP) is 1.31. The molecule has 0 aliphatic carbocycles. The van der Waals surface area contributed by atoms with E-state index in [0.717, 1.165) is 11.4 Å². The lowest BCUT2D eigenvalue weighted by molar-refractivity contribution is -0.136. The zero-order valence-electron chi connectivity index (χ0n) is 21.9. The van der Waals surface area contributed by atoms with E-state index in [1.807, 2.05) is 6.92 Å². The molecule has 0 bridgehead atoms. The number of nitrogens with zero attached hydrogens (tertiary/aromatic N) is 7. The Morgan fingerprint density at radius 2 is 2.03 bits per heavy atom. The van der Waals surface area contributed by atoms with Crippen LogP contribution in [0.25, 0.3) is 5.69 Å². The number of carbonyl (C=O) groups is 1. The highest BCUT2D eigenvalue weighted by molar-refractivity contribution is 7.89. The fraction of sp³-hybridized carbons (Fsp3) is 0.520. The molecule has 3 aromatic rings. The number of aromatic nitrogens is 5. The van der Waals surface area contributed by atoms with Crippen molar-refractivity contribution in [3.05, 3.63) is 54.6 Å². The number of benzene rings is 1. The Kier molecular flexibility index (Phi) is 8.92. The number of aliphatic hydroxyl groups excluding tert-OH is 1. The van der Waals surface area contributed by atoms with Crippen molar-refractivity contribution < 1.29 is 23.1 Å². The van der Waals surface area contributed by atoms with Gasteiger partial charge in [0.1, 0.15) is 0 Å². The third-order valence-electron chi connectivity index (χ3n) is 6.89. The predicted molar refractivity (Wildman–Crippen MR) is 139 cm³/mol. The van der Waals surface area contributed by atoms with Gasteiger partial charge in [-0.3, -0.25) is 4.79 Å². The van der Waals surface area contributed by atoms with Crippen LogP contribution in [0.3, 0.4) is 0 Å². The van der Waals surface area contributed by atoms with Gasteiger partial charge in [0, 0.05) is 51.4 Å². The lowest BCUT2D eigenvalue weighted by Gasteiger charge is -2.35. The highest BCUT2D eigenvalue weighted by Gasteiger charge is 2.31. The van der Waals surface area contributed by atoms with E-state index in [0.29, 0.717) is 25.9 Å². The first kappa shape index (κ1) is 27.9. The maximum atomic E-state index is 13.4. The molecule has 13 heteroatoms. The van der Waals surface area contributed by atoms with Crippen LogP contribution >= 0.6 is 0 Å². The number of rotatable bonds is 7. The number of likely N-dealkylation sites (N-methyl/N-ethyl adjacent to an activating group) is 1. The molecule has 1 aliphatic rings. The standard InChI is InChI=1S/C25H35N7O5S/c1-19-15-30(20(2)17-33)25(34)6-4-12-32-22(14-26-28-32)18-37-24(19)16-29(3)38(35,36)23-9-7-21(8-10-23)31-13-5-11-27-31/h5,7-11,13-14,19-20,24,33H,4,6,12,15-18H2,1-3H3/t19-,20+,24-/m0/s1. The minimum Gasteiger partial charge on any atom is -0.394 e. The first-order valence-electron chi connectivity index (χ1n) is 12.7. The number of sulfonamides is 1. The zero-order valence-corrected chi connectivity index (χ0v) is 22.7. The Labute approximate surface area is 222 Å². The Morgan fingerprint density at radius 3 is 2.71 bits per heavy atom. The molecule has 0 spiro atoms. The maximum Gasteiger partial charge on any atom is 0.242 e.